The third-order valence-electron chi connectivity index (χ3n) is 13.3. The molecule has 0 saturated heterocycles. The Morgan fingerprint density at radius 1 is 0.564 bits per heavy atom. The molecule has 3 nitrogen and oxygen atoms in total. The minimum Gasteiger partial charge on any atom is -0.440 e. The monoisotopic (exact) mass is 724 g/mol. The van der Waals surface area contributed by atoms with Gasteiger partial charge < -0.3 is 9.32 Å². The van der Waals surface area contributed by atoms with Crippen LogP contribution >= 0.6 is 0 Å². The van der Waals surface area contributed by atoms with Gasteiger partial charge in [-0.25, -0.2) is 0 Å². The molecule has 1 aliphatic carbocycles. The van der Waals surface area contributed by atoms with Crippen molar-refractivity contribution in [2.75, 3.05) is 9.80 Å². The van der Waals surface area contributed by atoms with Crippen LogP contribution < -0.4 is 26.2 Å². The predicted molar refractivity (Wildman–Crippen MR) is 237 cm³/mol. The molecule has 3 aliphatic rings. The topological polar surface area (TPSA) is 19.6 Å². The molecule has 0 unspecified atom stereocenters. The first-order chi connectivity index (χ1) is 25.7. The number of furan rings is 1. The SMILES string of the molecule is Cc1cc2c3c(c1)N(c1ccc(C(C)(C)C)cc1C)c1oc4ccc(C)cc4c1B3c1cc3c(cc1N2c1ccc(C(C)(C)C)cc1)C(C)(C)CCC3(C)C. The lowest BCUT2D eigenvalue weighted by Crippen LogP contribution is -2.61. The van der Waals surface area contributed by atoms with E-state index in [1.165, 1.54) is 96.3 Å². The van der Waals surface area contributed by atoms with E-state index in [1.807, 2.05) is 0 Å². The van der Waals surface area contributed by atoms with E-state index in [2.05, 4.69) is 185 Å². The van der Waals surface area contributed by atoms with Crippen LogP contribution in [0.3, 0.4) is 0 Å². The van der Waals surface area contributed by atoms with Crippen LogP contribution in [0.2, 0.25) is 0 Å². The molecule has 0 amide bonds. The Labute approximate surface area is 329 Å². The van der Waals surface area contributed by atoms with E-state index in [0.29, 0.717) is 0 Å². The Kier molecular flexibility index (Phi) is 7.63. The van der Waals surface area contributed by atoms with Gasteiger partial charge in [-0.15, -0.1) is 0 Å². The number of nitrogens with zero attached hydrogens (tertiary/aromatic N) is 2. The Hall–Kier alpha value is -4.70. The number of benzene rings is 5. The highest BCUT2D eigenvalue weighted by molar-refractivity contribution is 7.01. The Bertz CT molecular complexity index is 2550. The Balaban J connectivity index is 1.41. The first-order valence-electron chi connectivity index (χ1n) is 20.4. The second-order valence-corrected chi connectivity index (χ2v) is 20.4. The van der Waals surface area contributed by atoms with Crippen molar-refractivity contribution in [3.8, 4) is 0 Å². The Morgan fingerprint density at radius 2 is 1.16 bits per heavy atom. The average molecular weight is 725 g/mol. The summed E-state index contributed by atoms with van der Waals surface area (Å²) in [6.07, 6.45) is 2.35. The van der Waals surface area contributed by atoms with Crippen LogP contribution in [-0.2, 0) is 21.7 Å². The van der Waals surface area contributed by atoms with Crippen molar-refractivity contribution < 1.29 is 4.42 Å². The fraction of sp³-hybridized carbons (Fsp3) is 0.373. The van der Waals surface area contributed by atoms with Gasteiger partial charge in [-0.2, -0.15) is 0 Å². The zero-order valence-electron chi connectivity index (χ0n) is 35.4. The van der Waals surface area contributed by atoms with Crippen molar-refractivity contribution in [2.24, 2.45) is 0 Å². The number of hydrogen-bond donors (Lipinski definition) is 0. The standard InChI is InChI=1S/C51H57BN2O/c1-30-14-21-44-36(24-30)45-47(55-44)54(40-20-17-34(27-32(40)3)49(7,8)9)43-26-31(2)25-42-46(43)52(45)39-28-37-38(51(12,13)23-22-50(37,10)11)29-41(39)53(42)35-18-15-33(16-19-35)48(4,5)6/h14-21,24-29H,22-23H2,1-13H3. The van der Waals surface area contributed by atoms with Gasteiger partial charge in [-0.05, 0) is 148 Å². The Morgan fingerprint density at radius 3 is 1.78 bits per heavy atom. The predicted octanol–water partition coefficient (Wildman–Crippen LogP) is 12.4. The summed E-state index contributed by atoms with van der Waals surface area (Å²) < 4.78 is 7.13. The molecule has 1 aromatic heterocycles. The minimum absolute atomic E-state index is 0.000270. The van der Waals surface area contributed by atoms with Crippen molar-refractivity contribution in [3.05, 3.63) is 124 Å². The lowest BCUT2D eigenvalue weighted by Gasteiger charge is -2.47. The van der Waals surface area contributed by atoms with Gasteiger partial charge in [0.05, 0.1) is 5.69 Å². The van der Waals surface area contributed by atoms with Gasteiger partial charge in [-0.1, -0.05) is 111 Å². The molecular formula is C51H57BN2O. The molecule has 0 bridgehead atoms. The highest BCUT2D eigenvalue weighted by Crippen LogP contribution is 2.51. The quantitative estimate of drug-likeness (QED) is 0.166. The van der Waals surface area contributed by atoms with Crippen molar-refractivity contribution in [1.82, 2.24) is 0 Å². The van der Waals surface area contributed by atoms with Crippen LogP contribution in [0.15, 0.2) is 89.3 Å². The maximum atomic E-state index is 7.13. The third-order valence-corrected chi connectivity index (χ3v) is 13.3. The van der Waals surface area contributed by atoms with Crippen molar-refractivity contribution in [2.45, 2.75) is 125 Å². The van der Waals surface area contributed by atoms with E-state index in [9.17, 15) is 0 Å². The lowest BCUT2D eigenvalue weighted by atomic mass is 9.33. The van der Waals surface area contributed by atoms with Gasteiger partial charge in [0.2, 0.25) is 5.88 Å². The van der Waals surface area contributed by atoms with Gasteiger partial charge in [0.25, 0.3) is 6.71 Å². The minimum atomic E-state index is 0.000270. The zero-order chi connectivity index (χ0) is 39.1. The van der Waals surface area contributed by atoms with E-state index in [1.54, 1.807) is 0 Å². The molecule has 55 heavy (non-hydrogen) atoms. The van der Waals surface area contributed by atoms with E-state index >= 15 is 0 Å². The van der Waals surface area contributed by atoms with Gasteiger partial charge >= 0.3 is 0 Å². The molecule has 0 spiro atoms. The molecule has 0 saturated carbocycles. The summed E-state index contributed by atoms with van der Waals surface area (Å²) in [5.41, 5.74) is 20.7. The molecule has 2 aliphatic heterocycles. The van der Waals surface area contributed by atoms with Gasteiger partial charge in [-0.3, -0.25) is 4.90 Å². The number of fused-ring (bicyclic) bond motifs is 7. The first kappa shape index (κ1) is 36.0. The van der Waals surface area contributed by atoms with E-state index in [-0.39, 0.29) is 28.4 Å². The molecule has 0 N–H and O–H groups in total. The van der Waals surface area contributed by atoms with Crippen LogP contribution in [0.5, 0.6) is 0 Å². The number of anilines is 6. The largest absolute Gasteiger partial charge is 0.440 e. The first-order valence-corrected chi connectivity index (χ1v) is 20.4. The summed E-state index contributed by atoms with van der Waals surface area (Å²) in [4.78, 5) is 5.04. The summed E-state index contributed by atoms with van der Waals surface area (Å²) >= 11 is 0. The van der Waals surface area contributed by atoms with Crippen LogP contribution in [0.4, 0.5) is 34.3 Å². The fourth-order valence-electron chi connectivity index (χ4n) is 9.83. The van der Waals surface area contributed by atoms with Gasteiger partial charge in [0.15, 0.2) is 0 Å². The molecule has 0 atom stereocenters. The fourth-order valence-corrected chi connectivity index (χ4v) is 9.83. The maximum absolute atomic E-state index is 7.13. The van der Waals surface area contributed by atoms with Crippen LogP contribution in [0, 0.1) is 20.8 Å². The number of hydrogen-bond acceptors (Lipinski definition) is 3. The molecule has 9 rings (SSSR count). The lowest BCUT2D eigenvalue weighted by molar-refractivity contribution is 0.332. The van der Waals surface area contributed by atoms with E-state index in [4.69, 9.17) is 4.42 Å². The molecule has 0 radical (unpaired) electrons. The molecular weight excluding hydrogens is 667 g/mol. The van der Waals surface area contributed by atoms with Crippen molar-refractivity contribution in [3.63, 3.8) is 0 Å². The van der Waals surface area contributed by atoms with E-state index in [0.717, 1.165) is 17.2 Å². The summed E-state index contributed by atoms with van der Waals surface area (Å²) in [6.45, 7) is 30.3. The third kappa shape index (κ3) is 5.45. The summed E-state index contributed by atoms with van der Waals surface area (Å²) in [6, 6.07) is 33.2. The normalized spacial score (nSPS) is 16.9. The average Bonchev–Trinajstić information content (AvgIpc) is 3.47. The smallest absolute Gasteiger partial charge is 0.257 e. The summed E-state index contributed by atoms with van der Waals surface area (Å²) in [5.74, 6) is 0.937. The van der Waals surface area contributed by atoms with Crippen LogP contribution in [0.25, 0.3) is 11.0 Å². The maximum Gasteiger partial charge on any atom is 0.257 e. The molecule has 4 heteroatoms. The molecule has 280 valence electrons. The van der Waals surface area contributed by atoms with Gasteiger partial charge in [0.1, 0.15) is 5.58 Å². The summed E-state index contributed by atoms with van der Waals surface area (Å²) in [5, 5.41) is 1.21. The van der Waals surface area contributed by atoms with Crippen LogP contribution in [0.1, 0.15) is 121 Å². The summed E-state index contributed by atoms with van der Waals surface area (Å²) in [7, 11) is 0. The highest BCUT2D eigenvalue weighted by Gasteiger charge is 2.48. The van der Waals surface area contributed by atoms with E-state index < -0.39 is 0 Å². The molecule has 3 heterocycles. The van der Waals surface area contributed by atoms with Crippen LogP contribution in [-0.4, -0.2) is 6.71 Å². The second-order valence-electron chi connectivity index (χ2n) is 20.4. The molecule has 6 aromatic rings. The second kappa shape index (κ2) is 11.7. The molecule has 0 fully saturated rings. The molecule has 5 aromatic carbocycles. The number of aryl methyl sites for hydroxylation is 3. The van der Waals surface area contributed by atoms with Crippen molar-refractivity contribution >= 4 is 68.4 Å². The zero-order valence-corrected chi connectivity index (χ0v) is 35.4. The number of rotatable bonds is 2. The highest BCUT2D eigenvalue weighted by atomic mass is 16.4. The van der Waals surface area contributed by atoms with Crippen molar-refractivity contribution in [1.29, 1.82) is 0 Å². The van der Waals surface area contributed by atoms with Gasteiger partial charge in [0, 0.05) is 33.6 Å².